The molecule has 168 valence electrons. The fourth-order valence-corrected chi connectivity index (χ4v) is 3.15. The number of amides is 3. The minimum atomic E-state index is -0.747. The van der Waals surface area contributed by atoms with Crippen LogP contribution in [0.15, 0.2) is 48.7 Å². The molecule has 0 fully saturated rings. The van der Waals surface area contributed by atoms with E-state index in [9.17, 15) is 18.4 Å². The SMILES string of the molecule is CCN(CCOC(=O)Nc1cc2cc(F)ccc2cn1)C(=O)NCc1ccc(F)cc1Cl. The highest BCUT2D eigenvalue weighted by atomic mass is 35.5. The molecule has 3 amide bonds. The van der Waals surface area contributed by atoms with Gasteiger partial charge in [-0.2, -0.15) is 0 Å². The summed E-state index contributed by atoms with van der Waals surface area (Å²) in [6.07, 6.45) is 0.767. The first-order chi connectivity index (χ1) is 15.4. The van der Waals surface area contributed by atoms with Crippen LogP contribution in [-0.2, 0) is 11.3 Å². The molecule has 1 heterocycles. The Morgan fingerprint density at radius 2 is 1.84 bits per heavy atom. The Hall–Kier alpha value is -3.46. The minimum absolute atomic E-state index is 0.0490. The fourth-order valence-electron chi connectivity index (χ4n) is 2.92. The lowest BCUT2D eigenvalue weighted by atomic mass is 10.2. The van der Waals surface area contributed by atoms with Gasteiger partial charge in [0, 0.05) is 29.7 Å². The van der Waals surface area contributed by atoms with Crippen LogP contribution in [0, 0.1) is 11.6 Å². The third kappa shape index (κ3) is 6.27. The van der Waals surface area contributed by atoms with E-state index in [0.717, 1.165) is 5.39 Å². The van der Waals surface area contributed by atoms with Crippen molar-refractivity contribution in [3.05, 3.63) is 70.9 Å². The van der Waals surface area contributed by atoms with Crippen LogP contribution in [0.2, 0.25) is 5.02 Å². The Balaban J connectivity index is 1.46. The van der Waals surface area contributed by atoms with Crippen molar-refractivity contribution < 1.29 is 23.1 Å². The molecule has 1 aromatic heterocycles. The molecule has 0 unspecified atom stereocenters. The molecule has 0 bridgehead atoms. The zero-order valence-corrected chi connectivity index (χ0v) is 18.0. The number of pyridine rings is 1. The molecule has 7 nitrogen and oxygen atoms in total. The Morgan fingerprint density at radius 1 is 1.09 bits per heavy atom. The molecule has 0 aliphatic carbocycles. The van der Waals surface area contributed by atoms with Gasteiger partial charge in [-0.15, -0.1) is 0 Å². The van der Waals surface area contributed by atoms with Gasteiger partial charge in [-0.1, -0.05) is 17.7 Å². The van der Waals surface area contributed by atoms with E-state index in [1.165, 1.54) is 47.5 Å². The van der Waals surface area contributed by atoms with E-state index in [4.69, 9.17) is 16.3 Å². The van der Waals surface area contributed by atoms with Crippen LogP contribution in [0.3, 0.4) is 0 Å². The van der Waals surface area contributed by atoms with Crippen molar-refractivity contribution in [2.75, 3.05) is 25.0 Å². The maximum Gasteiger partial charge on any atom is 0.412 e. The van der Waals surface area contributed by atoms with Crippen LogP contribution in [0.25, 0.3) is 10.8 Å². The van der Waals surface area contributed by atoms with Gasteiger partial charge in [-0.05, 0) is 54.3 Å². The van der Waals surface area contributed by atoms with Crippen LogP contribution < -0.4 is 10.6 Å². The molecular formula is C22H21ClF2N4O3. The van der Waals surface area contributed by atoms with Crippen molar-refractivity contribution in [1.82, 2.24) is 15.2 Å². The van der Waals surface area contributed by atoms with E-state index in [0.29, 0.717) is 17.5 Å². The van der Waals surface area contributed by atoms with Crippen molar-refractivity contribution in [2.45, 2.75) is 13.5 Å². The average molecular weight is 463 g/mol. The summed E-state index contributed by atoms with van der Waals surface area (Å²) < 4.78 is 31.6. The first-order valence-corrected chi connectivity index (χ1v) is 10.2. The molecule has 10 heteroatoms. The van der Waals surface area contributed by atoms with Crippen LogP contribution in [0.1, 0.15) is 12.5 Å². The largest absolute Gasteiger partial charge is 0.447 e. The van der Waals surface area contributed by atoms with Crippen molar-refractivity contribution in [3.63, 3.8) is 0 Å². The topological polar surface area (TPSA) is 83.6 Å². The normalized spacial score (nSPS) is 10.6. The molecular weight excluding hydrogens is 442 g/mol. The number of nitrogens with one attached hydrogen (secondary N) is 2. The number of fused-ring (bicyclic) bond motifs is 1. The summed E-state index contributed by atoms with van der Waals surface area (Å²) in [6.45, 7) is 2.40. The zero-order chi connectivity index (χ0) is 23.1. The number of nitrogens with zero attached hydrogens (tertiary/aromatic N) is 2. The van der Waals surface area contributed by atoms with Gasteiger partial charge in [0.25, 0.3) is 0 Å². The number of rotatable bonds is 7. The lowest BCUT2D eigenvalue weighted by molar-refractivity contribution is 0.142. The smallest absolute Gasteiger partial charge is 0.412 e. The minimum Gasteiger partial charge on any atom is -0.447 e. The lowest BCUT2D eigenvalue weighted by Crippen LogP contribution is -2.41. The highest BCUT2D eigenvalue weighted by Crippen LogP contribution is 2.18. The van der Waals surface area contributed by atoms with Crippen molar-refractivity contribution >= 4 is 40.3 Å². The van der Waals surface area contributed by atoms with Gasteiger partial charge < -0.3 is 15.0 Å². The number of ether oxygens (including phenoxy) is 1. The summed E-state index contributed by atoms with van der Waals surface area (Å²) in [7, 11) is 0. The molecule has 0 aliphatic rings. The number of likely N-dealkylation sites (N-methyl/N-ethyl adjacent to an activating group) is 1. The second-order valence-corrected chi connectivity index (χ2v) is 7.20. The molecule has 0 aliphatic heterocycles. The monoisotopic (exact) mass is 462 g/mol. The summed E-state index contributed by atoms with van der Waals surface area (Å²) in [4.78, 5) is 29.9. The Labute approximate surface area is 188 Å². The molecule has 3 rings (SSSR count). The molecule has 2 N–H and O–H groups in total. The van der Waals surface area contributed by atoms with E-state index in [1.54, 1.807) is 13.0 Å². The number of carbonyl (C=O) groups excluding carboxylic acids is 2. The highest BCUT2D eigenvalue weighted by molar-refractivity contribution is 6.31. The Kier molecular flexibility index (Phi) is 7.77. The lowest BCUT2D eigenvalue weighted by Gasteiger charge is -2.21. The predicted molar refractivity (Wildman–Crippen MR) is 118 cm³/mol. The molecule has 0 saturated heterocycles. The Bertz CT molecular complexity index is 1130. The number of hydrogen-bond acceptors (Lipinski definition) is 4. The fraction of sp³-hybridized carbons (Fsp3) is 0.227. The van der Waals surface area contributed by atoms with Crippen LogP contribution in [0.5, 0.6) is 0 Å². The summed E-state index contributed by atoms with van der Waals surface area (Å²) in [6, 6.07) is 9.35. The van der Waals surface area contributed by atoms with Crippen molar-refractivity contribution in [1.29, 1.82) is 0 Å². The van der Waals surface area contributed by atoms with Gasteiger partial charge in [0.1, 0.15) is 24.1 Å². The van der Waals surface area contributed by atoms with Crippen molar-refractivity contribution in [2.24, 2.45) is 0 Å². The van der Waals surface area contributed by atoms with E-state index in [-0.39, 0.29) is 36.6 Å². The first-order valence-electron chi connectivity index (χ1n) is 9.81. The molecule has 0 radical (unpaired) electrons. The second-order valence-electron chi connectivity index (χ2n) is 6.80. The summed E-state index contributed by atoms with van der Waals surface area (Å²) in [5.41, 5.74) is 0.580. The van der Waals surface area contributed by atoms with Crippen LogP contribution >= 0.6 is 11.6 Å². The van der Waals surface area contributed by atoms with E-state index >= 15 is 0 Å². The molecule has 0 saturated carbocycles. The van der Waals surface area contributed by atoms with Gasteiger partial charge in [0.2, 0.25) is 0 Å². The molecule has 0 atom stereocenters. The van der Waals surface area contributed by atoms with E-state index < -0.39 is 17.7 Å². The maximum absolute atomic E-state index is 13.4. The highest BCUT2D eigenvalue weighted by Gasteiger charge is 2.13. The number of halogens is 3. The molecule has 32 heavy (non-hydrogen) atoms. The Morgan fingerprint density at radius 3 is 2.59 bits per heavy atom. The van der Waals surface area contributed by atoms with Gasteiger partial charge in [-0.25, -0.2) is 23.4 Å². The third-order valence-electron chi connectivity index (χ3n) is 4.62. The number of anilines is 1. The number of aromatic nitrogens is 1. The summed E-state index contributed by atoms with van der Waals surface area (Å²) in [5, 5.41) is 6.71. The first kappa shape index (κ1) is 23.2. The number of urea groups is 1. The number of benzene rings is 2. The molecule has 0 spiro atoms. The van der Waals surface area contributed by atoms with E-state index in [1.807, 2.05) is 0 Å². The summed E-state index contributed by atoms with van der Waals surface area (Å²) >= 11 is 5.96. The molecule has 2 aromatic carbocycles. The van der Waals surface area contributed by atoms with E-state index in [2.05, 4.69) is 15.6 Å². The van der Waals surface area contributed by atoms with Gasteiger partial charge in [0.05, 0.1) is 6.54 Å². The number of carbonyl (C=O) groups is 2. The summed E-state index contributed by atoms with van der Waals surface area (Å²) in [5.74, 6) is -0.632. The standard InChI is InChI=1S/C22H21ClF2N4O3/c1-2-29(21(30)27-13-15-4-6-18(25)11-19(15)23)7-8-32-22(31)28-20-10-16-9-17(24)5-3-14(16)12-26-20/h3-6,9-12H,2,7-8,13H2,1H3,(H,27,30)(H,26,28,31). The zero-order valence-electron chi connectivity index (χ0n) is 17.2. The number of hydrogen-bond donors (Lipinski definition) is 2. The van der Waals surface area contributed by atoms with Gasteiger partial charge >= 0.3 is 12.1 Å². The predicted octanol–water partition coefficient (Wildman–Crippen LogP) is 4.95. The third-order valence-corrected chi connectivity index (χ3v) is 4.97. The van der Waals surface area contributed by atoms with Gasteiger partial charge in [0.15, 0.2) is 0 Å². The quantitative estimate of drug-likeness (QED) is 0.520. The maximum atomic E-state index is 13.4. The molecule has 3 aromatic rings. The van der Waals surface area contributed by atoms with Gasteiger partial charge in [-0.3, -0.25) is 5.32 Å². The van der Waals surface area contributed by atoms with Crippen LogP contribution in [0.4, 0.5) is 24.2 Å². The van der Waals surface area contributed by atoms with Crippen molar-refractivity contribution in [3.8, 4) is 0 Å². The second kappa shape index (κ2) is 10.7. The average Bonchev–Trinajstić information content (AvgIpc) is 2.75. The van der Waals surface area contributed by atoms with Crippen LogP contribution in [-0.4, -0.2) is 41.7 Å².